The highest BCUT2D eigenvalue weighted by Gasteiger charge is 2.06. The van der Waals surface area contributed by atoms with Gasteiger partial charge in [-0.05, 0) is 48.4 Å². The third-order valence-corrected chi connectivity index (χ3v) is 3.83. The minimum Gasteiger partial charge on any atom is -0.490 e. The van der Waals surface area contributed by atoms with Gasteiger partial charge in [0.2, 0.25) is 5.91 Å². The summed E-state index contributed by atoms with van der Waals surface area (Å²) < 4.78 is 12.1. The molecular formula is C20H21BrN2O3. The van der Waals surface area contributed by atoms with E-state index in [0.717, 1.165) is 15.6 Å². The number of hydrazone groups is 1. The highest BCUT2D eigenvalue weighted by Crippen LogP contribution is 2.28. The van der Waals surface area contributed by atoms with Gasteiger partial charge in [0.15, 0.2) is 11.5 Å². The summed E-state index contributed by atoms with van der Waals surface area (Å²) in [5.74, 6) is 1.09. The number of ether oxygens (including phenoxy) is 2. The van der Waals surface area contributed by atoms with Gasteiger partial charge >= 0.3 is 0 Å². The van der Waals surface area contributed by atoms with Gasteiger partial charge in [-0.25, -0.2) is 5.43 Å². The Hall–Kier alpha value is -2.60. The predicted molar refractivity (Wildman–Crippen MR) is 107 cm³/mol. The highest BCUT2D eigenvalue weighted by molar-refractivity contribution is 9.10. The van der Waals surface area contributed by atoms with Crippen molar-refractivity contribution in [3.05, 3.63) is 70.7 Å². The topological polar surface area (TPSA) is 59.9 Å². The summed E-state index contributed by atoms with van der Waals surface area (Å²) in [6.45, 7) is 6.46. The monoisotopic (exact) mass is 416 g/mol. The smallest absolute Gasteiger partial charge is 0.244 e. The molecule has 2 aromatic carbocycles. The lowest BCUT2D eigenvalue weighted by molar-refractivity contribution is -0.120. The molecule has 0 fully saturated rings. The summed E-state index contributed by atoms with van der Waals surface area (Å²) in [6.07, 6.45) is 3.51. The van der Waals surface area contributed by atoms with Gasteiger partial charge in [-0.3, -0.25) is 4.79 Å². The number of nitrogens with zero attached hydrogens (tertiary/aromatic N) is 1. The zero-order valence-corrected chi connectivity index (χ0v) is 16.2. The quantitative estimate of drug-likeness (QED) is 0.380. The van der Waals surface area contributed by atoms with Gasteiger partial charge in [0.1, 0.15) is 6.61 Å². The number of halogens is 1. The number of nitrogens with one attached hydrogen (secondary N) is 1. The van der Waals surface area contributed by atoms with Crippen LogP contribution in [0.25, 0.3) is 0 Å². The molecule has 136 valence electrons. The van der Waals surface area contributed by atoms with Crippen LogP contribution in [0, 0.1) is 0 Å². The molecule has 0 atom stereocenters. The fourth-order valence-electron chi connectivity index (χ4n) is 2.15. The molecule has 0 saturated carbocycles. The van der Waals surface area contributed by atoms with Crippen LogP contribution >= 0.6 is 15.9 Å². The standard InChI is InChI=1S/C20H21BrN2O3/c1-3-11-26-18-10-7-16(12-19(18)25-4-2)14-22-23-20(24)13-15-5-8-17(21)9-6-15/h3,5-10,12,14H,1,4,11,13H2,2H3,(H,23,24)/b22-14+. The van der Waals surface area contributed by atoms with Gasteiger partial charge in [0.25, 0.3) is 0 Å². The Morgan fingerprint density at radius 1 is 1.19 bits per heavy atom. The molecular weight excluding hydrogens is 396 g/mol. The molecule has 5 nitrogen and oxygen atoms in total. The van der Waals surface area contributed by atoms with Crippen molar-refractivity contribution in [2.45, 2.75) is 13.3 Å². The lowest BCUT2D eigenvalue weighted by Crippen LogP contribution is -2.19. The summed E-state index contributed by atoms with van der Waals surface area (Å²) >= 11 is 3.37. The molecule has 1 N–H and O–H groups in total. The summed E-state index contributed by atoms with van der Waals surface area (Å²) in [6, 6.07) is 13.0. The Balaban J connectivity index is 1.95. The molecule has 0 heterocycles. The Labute approximate surface area is 161 Å². The molecule has 0 aromatic heterocycles. The Kier molecular flexibility index (Phi) is 7.89. The average molecular weight is 417 g/mol. The van der Waals surface area contributed by atoms with Crippen molar-refractivity contribution in [2.24, 2.45) is 5.10 Å². The molecule has 6 heteroatoms. The van der Waals surface area contributed by atoms with E-state index in [9.17, 15) is 4.79 Å². The van der Waals surface area contributed by atoms with E-state index in [1.165, 1.54) is 0 Å². The summed E-state index contributed by atoms with van der Waals surface area (Å²) in [5, 5.41) is 4.00. The van der Waals surface area contributed by atoms with Crippen LogP contribution in [-0.4, -0.2) is 25.3 Å². The van der Waals surface area contributed by atoms with E-state index >= 15 is 0 Å². The van der Waals surface area contributed by atoms with Crippen LogP contribution < -0.4 is 14.9 Å². The molecule has 0 spiro atoms. The number of hydrogen-bond donors (Lipinski definition) is 1. The van der Waals surface area contributed by atoms with Crippen LogP contribution in [-0.2, 0) is 11.2 Å². The zero-order valence-electron chi connectivity index (χ0n) is 14.6. The first-order valence-electron chi connectivity index (χ1n) is 8.19. The molecule has 2 aromatic rings. The molecule has 1 amide bonds. The van der Waals surface area contributed by atoms with E-state index in [1.807, 2.05) is 43.3 Å². The van der Waals surface area contributed by atoms with Crippen LogP contribution in [0.5, 0.6) is 11.5 Å². The van der Waals surface area contributed by atoms with Crippen molar-refractivity contribution in [2.75, 3.05) is 13.2 Å². The van der Waals surface area contributed by atoms with E-state index in [-0.39, 0.29) is 12.3 Å². The number of amides is 1. The Bertz CT molecular complexity index is 773. The van der Waals surface area contributed by atoms with Crippen LogP contribution in [0.3, 0.4) is 0 Å². The van der Waals surface area contributed by atoms with E-state index < -0.39 is 0 Å². The SMILES string of the molecule is C=CCOc1ccc(/C=N/NC(=O)Cc2ccc(Br)cc2)cc1OCC. The van der Waals surface area contributed by atoms with Gasteiger partial charge in [0, 0.05) is 4.47 Å². The first kappa shape index (κ1) is 19.7. The predicted octanol–water partition coefficient (Wildman–Crippen LogP) is 4.11. The van der Waals surface area contributed by atoms with Gasteiger partial charge in [0.05, 0.1) is 19.2 Å². The lowest BCUT2D eigenvalue weighted by Gasteiger charge is -2.11. The number of carbonyl (C=O) groups is 1. The van der Waals surface area contributed by atoms with Gasteiger partial charge in [-0.2, -0.15) is 5.10 Å². The fraction of sp³-hybridized carbons (Fsp3) is 0.200. The number of hydrogen-bond acceptors (Lipinski definition) is 4. The second-order valence-electron chi connectivity index (χ2n) is 5.34. The first-order valence-corrected chi connectivity index (χ1v) is 8.98. The van der Waals surface area contributed by atoms with Crippen molar-refractivity contribution in [1.82, 2.24) is 5.43 Å². The van der Waals surface area contributed by atoms with Gasteiger partial charge in [-0.1, -0.05) is 40.7 Å². The molecule has 0 unspecified atom stereocenters. The molecule has 0 aliphatic carbocycles. The number of carbonyl (C=O) groups excluding carboxylic acids is 1. The number of rotatable bonds is 9. The van der Waals surface area contributed by atoms with Crippen LogP contribution in [0.4, 0.5) is 0 Å². The molecule has 0 radical (unpaired) electrons. The maximum Gasteiger partial charge on any atom is 0.244 e. The van der Waals surface area contributed by atoms with Crippen molar-refractivity contribution < 1.29 is 14.3 Å². The minimum atomic E-state index is -0.181. The van der Waals surface area contributed by atoms with Crippen molar-refractivity contribution in [1.29, 1.82) is 0 Å². The Morgan fingerprint density at radius 3 is 2.65 bits per heavy atom. The summed E-state index contributed by atoms with van der Waals surface area (Å²) in [5.41, 5.74) is 4.24. The number of benzene rings is 2. The maximum atomic E-state index is 11.9. The normalized spacial score (nSPS) is 10.5. The molecule has 0 aliphatic heterocycles. The summed E-state index contributed by atoms with van der Waals surface area (Å²) in [7, 11) is 0. The third kappa shape index (κ3) is 6.37. The van der Waals surface area contributed by atoms with Crippen LogP contribution in [0.2, 0.25) is 0 Å². The lowest BCUT2D eigenvalue weighted by atomic mass is 10.1. The van der Waals surface area contributed by atoms with E-state index in [1.54, 1.807) is 18.4 Å². The average Bonchev–Trinajstić information content (AvgIpc) is 2.63. The molecule has 0 saturated heterocycles. The highest BCUT2D eigenvalue weighted by atomic mass is 79.9. The fourth-order valence-corrected chi connectivity index (χ4v) is 2.41. The third-order valence-electron chi connectivity index (χ3n) is 3.31. The minimum absolute atomic E-state index is 0.181. The van der Waals surface area contributed by atoms with Crippen molar-refractivity contribution >= 4 is 28.1 Å². The molecule has 0 aliphatic rings. The van der Waals surface area contributed by atoms with Crippen molar-refractivity contribution in [3.8, 4) is 11.5 Å². The molecule has 26 heavy (non-hydrogen) atoms. The summed E-state index contributed by atoms with van der Waals surface area (Å²) in [4.78, 5) is 11.9. The van der Waals surface area contributed by atoms with Gasteiger partial charge < -0.3 is 9.47 Å². The van der Waals surface area contributed by atoms with E-state index in [2.05, 4.69) is 33.0 Å². The molecule has 0 bridgehead atoms. The van der Waals surface area contributed by atoms with E-state index in [0.29, 0.717) is 24.7 Å². The van der Waals surface area contributed by atoms with Crippen LogP contribution in [0.1, 0.15) is 18.1 Å². The largest absolute Gasteiger partial charge is 0.490 e. The first-order chi connectivity index (χ1) is 12.6. The zero-order chi connectivity index (χ0) is 18.8. The second kappa shape index (κ2) is 10.4. The Morgan fingerprint density at radius 2 is 1.96 bits per heavy atom. The van der Waals surface area contributed by atoms with Crippen LogP contribution in [0.15, 0.2) is 64.7 Å². The van der Waals surface area contributed by atoms with E-state index in [4.69, 9.17) is 9.47 Å². The van der Waals surface area contributed by atoms with Crippen molar-refractivity contribution in [3.63, 3.8) is 0 Å². The molecule has 2 rings (SSSR count). The second-order valence-corrected chi connectivity index (χ2v) is 6.25. The maximum absolute atomic E-state index is 11.9. The van der Waals surface area contributed by atoms with Gasteiger partial charge in [-0.15, -0.1) is 0 Å².